The number of amides is 1. The second-order valence-electron chi connectivity index (χ2n) is 12.0. The molecule has 1 amide bonds. The van der Waals surface area contributed by atoms with Gasteiger partial charge in [0, 0.05) is 52.8 Å². The Hall–Kier alpha value is -4.93. The molecule has 4 aromatic carbocycles. The van der Waals surface area contributed by atoms with E-state index >= 15 is 0 Å². The molecule has 0 saturated heterocycles. The monoisotopic (exact) mass is 639 g/mol. The zero-order valence-electron chi connectivity index (χ0n) is 25.9. The second kappa shape index (κ2) is 11.8. The van der Waals surface area contributed by atoms with E-state index in [0.717, 1.165) is 28.4 Å². The molecule has 6 aromatic rings. The Balaban J connectivity index is 1.62. The number of nitrogens with zero attached hydrogens (tertiary/aromatic N) is 1. The van der Waals surface area contributed by atoms with Gasteiger partial charge in [-0.05, 0) is 79.9 Å². The molecule has 236 valence electrons. The van der Waals surface area contributed by atoms with E-state index in [4.69, 9.17) is 4.42 Å². The largest absolute Gasteiger partial charge is 0.455 e. The minimum Gasteiger partial charge on any atom is -0.455 e. The maximum Gasteiger partial charge on any atom is 0.255 e. The van der Waals surface area contributed by atoms with Crippen molar-refractivity contribution in [2.24, 2.45) is 0 Å². The Bertz CT molecular complexity index is 2160. The second-order valence-corrected chi connectivity index (χ2v) is 13.9. The van der Waals surface area contributed by atoms with Crippen LogP contribution in [0, 0.1) is 5.82 Å². The van der Waals surface area contributed by atoms with E-state index in [2.05, 4.69) is 16.4 Å². The number of halogens is 1. The number of aliphatic hydroxyl groups is 1. The van der Waals surface area contributed by atoms with Gasteiger partial charge >= 0.3 is 0 Å². The zero-order valence-corrected chi connectivity index (χ0v) is 26.7. The third-order valence-electron chi connectivity index (χ3n) is 7.98. The van der Waals surface area contributed by atoms with E-state index in [0.29, 0.717) is 27.8 Å². The number of nitrogens with one attached hydrogen (secondary N) is 2. The van der Waals surface area contributed by atoms with Crippen molar-refractivity contribution in [3.8, 4) is 33.7 Å². The fraction of sp³-hybridized carbons (Fsp3) is 0.194. The van der Waals surface area contributed by atoms with Crippen LogP contribution in [0.4, 0.5) is 10.1 Å². The maximum absolute atomic E-state index is 13.8. The summed E-state index contributed by atoms with van der Waals surface area (Å²) >= 11 is 0. The van der Waals surface area contributed by atoms with Crippen LogP contribution in [0.2, 0.25) is 0 Å². The number of carbonyl (C=O) groups excluding carboxylic acids is 1. The molecule has 0 unspecified atom stereocenters. The van der Waals surface area contributed by atoms with Gasteiger partial charge in [-0.1, -0.05) is 36.4 Å². The zero-order chi connectivity index (χ0) is 32.8. The average Bonchev–Trinajstić information content (AvgIpc) is 3.61. The summed E-state index contributed by atoms with van der Waals surface area (Å²) < 4.78 is 48.0. The van der Waals surface area contributed by atoms with E-state index in [-0.39, 0.29) is 29.9 Å². The van der Waals surface area contributed by atoms with Crippen molar-refractivity contribution in [2.45, 2.75) is 25.9 Å². The molecule has 0 saturated carbocycles. The molecule has 8 nitrogen and oxygen atoms in total. The minimum atomic E-state index is -3.85. The maximum atomic E-state index is 13.8. The SMILES string of the molecule is CNC(=O)c1c(-c2ccc(F)cc2)oc2cc(N(CCC(C)(C)O)S(C)(=O)=O)c(-c3cccc(-c4cc5ccccc5[nH]4)c3)cc12. The van der Waals surface area contributed by atoms with Gasteiger partial charge in [0.15, 0.2) is 0 Å². The van der Waals surface area contributed by atoms with Crippen LogP contribution < -0.4 is 9.62 Å². The van der Waals surface area contributed by atoms with Crippen molar-refractivity contribution in [2.75, 3.05) is 24.2 Å². The molecule has 0 aliphatic heterocycles. The standard InChI is InChI=1S/C36H34FN3O5S/c1-36(2,42)16-17-40(46(4,43)44)31-21-32-28(33(35(41)38-3)34(45-32)22-12-14-26(37)15-13-22)20-27(31)23-9-7-10-24(18-23)30-19-25-8-5-6-11-29(25)39-30/h5-15,18-21,39,42H,16-17H2,1-4H3,(H,38,41). The first-order valence-corrected chi connectivity index (χ1v) is 16.6. The van der Waals surface area contributed by atoms with Crippen molar-refractivity contribution >= 4 is 43.5 Å². The summed E-state index contributed by atoms with van der Waals surface area (Å²) in [6, 6.07) is 26.7. The normalized spacial score (nSPS) is 12.1. The van der Waals surface area contributed by atoms with Gasteiger partial charge in [0.2, 0.25) is 10.0 Å². The van der Waals surface area contributed by atoms with E-state index in [1.54, 1.807) is 26.0 Å². The molecule has 0 aliphatic carbocycles. The Morgan fingerprint density at radius 3 is 2.35 bits per heavy atom. The number of sulfonamides is 1. The number of carbonyl (C=O) groups is 1. The van der Waals surface area contributed by atoms with Crippen LogP contribution in [0.3, 0.4) is 0 Å². The number of fused-ring (bicyclic) bond motifs is 2. The van der Waals surface area contributed by atoms with Crippen molar-refractivity contribution < 1.29 is 27.1 Å². The van der Waals surface area contributed by atoms with Crippen molar-refractivity contribution in [3.63, 3.8) is 0 Å². The summed E-state index contributed by atoms with van der Waals surface area (Å²) in [6.07, 6.45) is 1.28. The van der Waals surface area contributed by atoms with Crippen molar-refractivity contribution in [1.82, 2.24) is 10.3 Å². The molecule has 3 N–H and O–H groups in total. The highest BCUT2D eigenvalue weighted by Crippen LogP contribution is 2.42. The number of benzene rings is 4. The van der Waals surface area contributed by atoms with Crippen LogP contribution in [0.5, 0.6) is 0 Å². The van der Waals surface area contributed by atoms with E-state index in [1.165, 1.54) is 35.6 Å². The molecule has 2 heterocycles. The lowest BCUT2D eigenvalue weighted by Crippen LogP contribution is -2.35. The number of hydrogen-bond acceptors (Lipinski definition) is 5. The number of para-hydroxylation sites is 1. The van der Waals surface area contributed by atoms with Crippen LogP contribution in [0.1, 0.15) is 30.6 Å². The molecule has 46 heavy (non-hydrogen) atoms. The van der Waals surface area contributed by atoms with E-state index in [9.17, 15) is 22.7 Å². The smallest absolute Gasteiger partial charge is 0.255 e. The van der Waals surface area contributed by atoms with Crippen LogP contribution in [-0.4, -0.2) is 49.9 Å². The molecular formula is C36H34FN3O5S. The number of furan rings is 1. The highest BCUT2D eigenvalue weighted by atomic mass is 32.2. The molecule has 0 aliphatic rings. The Morgan fingerprint density at radius 2 is 1.67 bits per heavy atom. The summed E-state index contributed by atoms with van der Waals surface area (Å²) in [5.41, 5.74) is 4.22. The highest BCUT2D eigenvalue weighted by molar-refractivity contribution is 7.92. The fourth-order valence-corrected chi connectivity index (χ4v) is 6.58. The first kappa shape index (κ1) is 31.1. The number of hydrogen-bond donors (Lipinski definition) is 3. The topological polar surface area (TPSA) is 116 Å². The number of aromatic nitrogens is 1. The molecule has 0 radical (unpaired) electrons. The predicted molar refractivity (Wildman–Crippen MR) is 181 cm³/mol. The molecule has 0 bridgehead atoms. The molecule has 0 fully saturated rings. The Kier molecular flexibility index (Phi) is 7.95. The Morgan fingerprint density at radius 1 is 0.957 bits per heavy atom. The van der Waals surface area contributed by atoms with Crippen LogP contribution in [0.25, 0.3) is 55.6 Å². The van der Waals surface area contributed by atoms with E-state index < -0.39 is 27.3 Å². The number of rotatable bonds is 9. The molecule has 2 aromatic heterocycles. The third-order valence-corrected chi connectivity index (χ3v) is 9.16. The number of anilines is 1. The van der Waals surface area contributed by atoms with Gasteiger partial charge in [-0.3, -0.25) is 9.10 Å². The first-order valence-electron chi connectivity index (χ1n) is 14.8. The lowest BCUT2D eigenvalue weighted by molar-refractivity contribution is 0.0740. The van der Waals surface area contributed by atoms with Gasteiger partial charge in [0.25, 0.3) is 5.91 Å². The molecule has 10 heteroatoms. The number of H-pyrrole nitrogens is 1. The third kappa shape index (κ3) is 6.14. The number of aromatic amines is 1. The minimum absolute atomic E-state index is 0.00359. The first-order chi connectivity index (χ1) is 21.8. The molecule has 6 rings (SSSR count). The van der Waals surface area contributed by atoms with Gasteiger partial charge in [-0.15, -0.1) is 0 Å². The highest BCUT2D eigenvalue weighted by Gasteiger charge is 2.28. The summed E-state index contributed by atoms with van der Waals surface area (Å²) in [4.78, 5) is 16.8. The lowest BCUT2D eigenvalue weighted by Gasteiger charge is -2.28. The predicted octanol–water partition coefficient (Wildman–Crippen LogP) is 7.34. The fourth-order valence-electron chi connectivity index (χ4n) is 5.65. The van der Waals surface area contributed by atoms with Gasteiger partial charge in [0.1, 0.15) is 17.2 Å². The van der Waals surface area contributed by atoms with Crippen LogP contribution in [0.15, 0.2) is 95.4 Å². The van der Waals surface area contributed by atoms with Crippen LogP contribution in [-0.2, 0) is 10.0 Å². The average molecular weight is 640 g/mol. The summed E-state index contributed by atoms with van der Waals surface area (Å²) in [7, 11) is -2.34. The molecular weight excluding hydrogens is 605 g/mol. The van der Waals surface area contributed by atoms with Crippen molar-refractivity contribution in [1.29, 1.82) is 0 Å². The van der Waals surface area contributed by atoms with Gasteiger partial charge in [0.05, 0.1) is 23.1 Å². The molecule has 0 atom stereocenters. The molecule has 0 spiro atoms. The summed E-state index contributed by atoms with van der Waals surface area (Å²) in [6.45, 7) is 3.24. The summed E-state index contributed by atoms with van der Waals surface area (Å²) in [5.74, 6) is -0.617. The van der Waals surface area contributed by atoms with Gasteiger partial charge < -0.3 is 19.8 Å². The lowest BCUT2D eigenvalue weighted by atomic mass is 9.96. The summed E-state index contributed by atoms with van der Waals surface area (Å²) in [5, 5.41) is 14.7. The Labute approximate surface area is 266 Å². The van der Waals surface area contributed by atoms with Crippen molar-refractivity contribution in [3.05, 3.63) is 102 Å². The van der Waals surface area contributed by atoms with E-state index in [1.807, 2.05) is 48.5 Å². The van der Waals surface area contributed by atoms with Gasteiger partial charge in [-0.25, -0.2) is 12.8 Å². The van der Waals surface area contributed by atoms with Crippen LogP contribution >= 0.6 is 0 Å². The van der Waals surface area contributed by atoms with Gasteiger partial charge in [-0.2, -0.15) is 0 Å². The quantitative estimate of drug-likeness (QED) is 0.153.